The Labute approximate surface area is 205 Å². The van der Waals surface area contributed by atoms with E-state index in [9.17, 15) is 9.90 Å². The van der Waals surface area contributed by atoms with Gasteiger partial charge in [-0.25, -0.2) is 4.52 Å². The molecule has 0 atom stereocenters. The van der Waals surface area contributed by atoms with Crippen LogP contribution in [0.25, 0.3) is 16.6 Å². The zero-order chi connectivity index (χ0) is 22.8. The number of carbonyl (C=O) groups excluding carboxylic acids is 1. The number of fused-ring (bicyclic) bond motifs is 1. The van der Waals surface area contributed by atoms with Gasteiger partial charge in [-0.2, -0.15) is 16.4 Å². The summed E-state index contributed by atoms with van der Waals surface area (Å²) in [5.41, 5.74) is 3.76. The van der Waals surface area contributed by atoms with Crippen molar-refractivity contribution in [3.63, 3.8) is 0 Å². The van der Waals surface area contributed by atoms with Crippen molar-refractivity contribution in [1.82, 2.24) is 14.5 Å². The minimum atomic E-state index is 0.221. The summed E-state index contributed by atoms with van der Waals surface area (Å²) in [7, 11) is 0. The Bertz CT molecular complexity index is 1260. The maximum absolute atomic E-state index is 12.6. The first-order valence-corrected chi connectivity index (χ1v) is 12.8. The molecule has 1 amide bonds. The van der Waals surface area contributed by atoms with Crippen LogP contribution in [0, 0.1) is 5.92 Å². The van der Waals surface area contributed by atoms with Crippen molar-refractivity contribution in [2.45, 2.75) is 19.3 Å². The summed E-state index contributed by atoms with van der Waals surface area (Å²) >= 11 is 5.22. The maximum atomic E-state index is 12.6. The number of phenols is 1. The average molecular weight is 525 g/mol. The van der Waals surface area contributed by atoms with Gasteiger partial charge in [0.25, 0.3) is 0 Å². The lowest BCUT2D eigenvalue weighted by Gasteiger charge is -2.32. The summed E-state index contributed by atoms with van der Waals surface area (Å²) in [5.74, 6) is 1.84. The standard InChI is InChI=1S/C25H25BrN4O2S/c26-21-15-28-30-22(21)12-19(20-3-1-2-4-23(20)31)13-24(30)27-14-17-5-8-29(9-6-17)25(32)11-18-7-10-33-16-18/h1-4,7,10,12-13,15-17,27,31H,5-6,8-9,11,14H2. The molecule has 1 saturated heterocycles. The first kappa shape index (κ1) is 22.0. The zero-order valence-corrected chi connectivity index (χ0v) is 20.5. The molecule has 0 bridgehead atoms. The Morgan fingerprint density at radius 3 is 2.79 bits per heavy atom. The Morgan fingerprint density at radius 1 is 1.21 bits per heavy atom. The number of hydrogen-bond donors (Lipinski definition) is 2. The van der Waals surface area contributed by atoms with E-state index in [4.69, 9.17) is 0 Å². The molecule has 1 aliphatic rings. The molecule has 3 aromatic heterocycles. The van der Waals surface area contributed by atoms with Crippen LogP contribution in [0.2, 0.25) is 0 Å². The third-order valence-electron chi connectivity index (χ3n) is 6.26. The van der Waals surface area contributed by atoms with E-state index in [1.165, 1.54) is 0 Å². The largest absolute Gasteiger partial charge is 0.507 e. The van der Waals surface area contributed by atoms with E-state index in [0.717, 1.165) is 65.0 Å². The number of likely N-dealkylation sites (tertiary alicyclic amines) is 1. The van der Waals surface area contributed by atoms with Gasteiger partial charge in [-0.1, -0.05) is 18.2 Å². The molecule has 170 valence electrons. The van der Waals surface area contributed by atoms with E-state index in [2.05, 4.69) is 26.3 Å². The molecular weight excluding hydrogens is 500 g/mol. The van der Waals surface area contributed by atoms with Crippen molar-refractivity contribution < 1.29 is 9.90 Å². The number of phenolic OH excluding ortho intramolecular Hbond substituents is 1. The number of para-hydroxylation sites is 1. The molecule has 1 aliphatic heterocycles. The van der Waals surface area contributed by atoms with Crippen LogP contribution in [-0.2, 0) is 11.2 Å². The second-order valence-corrected chi connectivity index (χ2v) is 10.1. The monoisotopic (exact) mass is 524 g/mol. The lowest BCUT2D eigenvalue weighted by molar-refractivity contribution is -0.131. The molecule has 0 aliphatic carbocycles. The lowest BCUT2D eigenvalue weighted by atomic mass is 9.96. The smallest absolute Gasteiger partial charge is 0.227 e. The molecule has 0 radical (unpaired) electrons. The quantitative estimate of drug-likeness (QED) is 0.353. The minimum absolute atomic E-state index is 0.221. The Kier molecular flexibility index (Phi) is 6.37. The number of rotatable bonds is 6. The fourth-order valence-corrected chi connectivity index (χ4v) is 5.41. The number of piperidine rings is 1. The minimum Gasteiger partial charge on any atom is -0.507 e. The van der Waals surface area contributed by atoms with Gasteiger partial charge in [-0.3, -0.25) is 4.79 Å². The van der Waals surface area contributed by atoms with Crippen molar-refractivity contribution in [3.05, 3.63) is 69.5 Å². The molecule has 0 unspecified atom stereocenters. The number of amides is 1. The van der Waals surface area contributed by atoms with Crippen LogP contribution in [-0.4, -0.2) is 45.2 Å². The van der Waals surface area contributed by atoms with Gasteiger partial charge in [0.2, 0.25) is 5.91 Å². The van der Waals surface area contributed by atoms with Crippen LogP contribution < -0.4 is 5.32 Å². The molecule has 5 rings (SSSR count). The van der Waals surface area contributed by atoms with E-state index in [-0.39, 0.29) is 11.7 Å². The number of benzene rings is 1. The first-order valence-electron chi connectivity index (χ1n) is 11.1. The number of thiophene rings is 1. The highest BCUT2D eigenvalue weighted by Gasteiger charge is 2.23. The summed E-state index contributed by atoms with van der Waals surface area (Å²) in [5, 5.41) is 22.5. The van der Waals surface area contributed by atoms with E-state index < -0.39 is 0 Å². The number of nitrogens with zero attached hydrogens (tertiary/aromatic N) is 3. The molecule has 1 fully saturated rings. The molecule has 0 spiro atoms. The highest BCUT2D eigenvalue weighted by molar-refractivity contribution is 9.10. The molecule has 4 aromatic rings. The third kappa shape index (κ3) is 4.77. The second-order valence-electron chi connectivity index (χ2n) is 8.45. The van der Waals surface area contributed by atoms with Gasteiger partial charge < -0.3 is 15.3 Å². The molecule has 33 heavy (non-hydrogen) atoms. The summed E-state index contributed by atoms with van der Waals surface area (Å²) in [6.45, 7) is 2.41. The molecule has 8 heteroatoms. The van der Waals surface area contributed by atoms with Gasteiger partial charge in [-0.05, 0) is 80.8 Å². The Morgan fingerprint density at radius 2 is 2.03 bits per heavy atom. The first-order chi connectivity index (χ1) is 16.1. The fourth-order valence-electron chi connectivity index (χ4n) is 4.37. The van der Waals surface area contributed by atoms with Crippen LogP contribution in [0.4, 0.5) is 5.82 Å². The topological polar surface area (TPSA) is 69.9 Å². The van der Waals surface area contributed by atoms with Gasteiger partial charge in [0.1, 0.15) is 11.6 Å². The van der Waals surface area contributed by atoms with Gasteiger partial charge in [-0.15, -0.1) is 0 Å². The highest BCUT2D eigenvalue weighted by Crippen LogP contribution is 2.33. The number of aromatic nitrogens is 2. The summed E-state index contributed by atoms with van der Waals surface area (Å²) in [6, 6.07) is 13.4. The van der Waals surface area contributed by atoms with Crippen LogP contribution in [0.1, 0.15) is 18.4 Å². The molecule has 6 nitrogen and oxygen atoms in total. The summed E-state index contributed by atoms with van der Waals surface area (Å²) in [4.78, 5) is 14.6. The second kappa shape index (κ2) is 9.57. The summed E-state index contributed by atoms with van der Waals surface area (Å²) < 4.78 is 2.79. The number of hydrogen-bond acceptors (Lipinski definition) is 5. The van der Waals surface area contributed by atoms with E-state index >= 15 is 0 Å². The number of nitrogens with one attached hydrogen (secondary N) is 1. The van der Waals surface area contributed by atoms with Crippen LogP contribution >= 0.6 is 27.3 Å². The molecule has 2 N–H and O–H groups in total. The predicted octanol–water partition coefficient (Wildman–Crippen LogP) is 5.42. The van der Waals surface area contributed by atoms with Gasteiger partial charge in [0.15, 0.2) is 0 Å². The molecule has 0 saturated carbocycles. The number of pyridine rings is 1. The third-order valence-corrected chi connectivity index (χ3v) is 7.60. The number of carbonyl (C=O) groups is 1. The highest BCUT2D eigenvalue weighted by atomic mass is 79.9. The Balaban J connectivity index is 1.26. The van der Waals surface area contributed by atoms with Crippen LogP contribution in [0.3, 0.4) is 0 Å². The SMILES string of the molecule is O=C(Cc1ccsc1)N1CCC(CNc2cc(-c3ccccc3O)cc3c(Br)cnn23)CC1. The molecular formula is C25H25BrN4O2S. The van der Waals surface area contributed by atoms with Crippen molar-refractivity contribution in [2.24, 2.45) is 5.92 Å². The number of halogens is 1. The predicted molar refractivity (Wildman–Crippen MR) is 136 cm³/mol. The van der Waals surface area contributed by atoms with Gasteiger partial charge in [0.05, 0.1) is 22.6 Å². The van der Waals surface area contributed by atoms with Gasteiger partial charge >= 0.3 is 0 Å². The summed E-state index contributed by atoms with van der Waals surface area (Å²) in [6.07, 6.45) is 4.24. The van der Waals surface area contributed by atoms with Gasteiger partial charge in [0, 0.05) is 25.2 Å². The number of aromatic hydroxyl groups is 1. The maximum Gasteiger partial charge on any atom is 0.227 e. The average Bonchev–Trinajstić information content (AvgIpc) is 3.48. The van der Waals surface area contributed by atoms with Crippen molar-refractivity contribution in [1.29, 1.82) is 0 Å². The van der Waals surface area contributed by atoms with Crippen molar-refractivity contribution >= 4 is 44.5 Å². The fraction of sp³-hybridized carbons (Fsp3) is 0.280. The lowest BCUT2D eigenvalue weighted by Crippen LogP contribution is -2.40. The molecule has 1 aromatic carbocycles. The number of anilines is 1. The van der Waals surface area contributed by atoms with Crippen LogP contribution in [0.5, 0.6) is 5.75 Å². The Hall–Kier alpha value is -2.84. The van der Waals surface area contributed by atoms with E-state index in [1.54, 1.807) is 23.6 Å². The van der Waals surface area contributed by atoms with E-state index in [1.807, 2.05) is 56.6 Å². The van der Waals surface area contributed by atoms with Crippen LogP contribution in [0.15, 0.2) is 63.9 Å². The van der Waals surface area contributed by atoms with E-state index in [0.29, 0.717) is 12.3 Å². The van der Waals surface area contributed by atoms with Crippen molar-refractivity contribution in [3.8, 4) is 16.9 Å². The zero-order valence-electron chi connectivity index (χ0n) is 18.1. The normalized spacial score (nSPS) is 14.6. The van der Waals surface area contributed by atoms with Crippen molar-refractivity contribution in [2.75, 3.05) is 25.0 Å². The molecule has 4 heterocycles.